The maximum atomic E-state index is 13.8. The molecule has 0 unspecified atom stereocenters. The lowest BCUT2D eigenvalue weighted by atomic mass is 10.3. The molecule has 0 aliphatic rings. The van der Waals surface area contributed by atoms with E-state index < -0.39 is 11.7 Å². The molecule has 0 aliphatic carbocycles. The normalized spacial score (nSPS) is 10.5. The molecule has 1 aromatic heterocycles. The van der Waals surface area contributed by atoms with Crippen LogP contribution in [0.1, 0.15) is 10.5 Å². The van der Waals surface area contributed by atoms with Gasteiger partial charge in [0.2, 0.25) is 0 Å². The molecule has 22 heavy (non-hydrogen) atoms. The van der Waals surface area contributed by atoms with Crippen molar-refractivity contribution in [2.45, 2.75) is 0 Å². The quantitative estimate of drug-likeness (QED) is 0.767. The molecular formula is C16H11BrFN3O. The molecule has 6 heteroatoms. The topological polar surface area (TPSA) is 46.9 Å². The Hall–Kier alpha value is -2.47. The van der Waals surface area contributed by atoms with Crippen LogP contribution in [0.4, 0.5) is 10.1 Å². The van der Waals surface area contributed by atoms with Crippen molar-refractivity contribution in [1.82, 2.24) is 9.55 Å². The Morgan fingerprint density at radius 2 is 1.95 bits per heavy atom. The summed E-state index contributed by atoms with van der Waals surface area (Å²) in [6.07, 6.45) is 2.99. The minimum atomic E-state index is -0.506. The number of hydrogen-bond acceptors (Lipinski definition) is 2. The molecule has 3 rings (SSSR count). The van der Waals surface area contributed by atoms with Crippen LogP contribution in [0.2, 0.25) is 0 Å². The van der Waals surface area contributed by atoms with Crippen LogP contribution in [-0.2, 0) is 0 Å². The van der Waals surface area contributed by atoms with E-state index in [9.17, 15) is 9.18 Å². The molecule has 1 N–H and O–H groups in total. The molecule has 0 bridgehead atoms. The summed E-state index contributed by atoms with van der Waals surface area (Å²) in [7, 11) is 0. The van der Waals surface area contributed by atoms with Crippen LogP contribution in [-0.4, -0.2) is 15.5 Å². The molecule has 0 saturated heterocycles. The number of para-hydroxylation sites is 1. The fourth-order valence-corrected chi connectivity index (χ4v) is 2.37. The highest BCUT2D eigenvalue weighted by molar-refractivity contribution is 9.10. The van der Waals surface area contributed by atoms with Gasteiger partial charge in [0.15, 0.2) is 0 Å². The van der Waals surface area contributed by atoms with Crippen LogP contribution in [0.25, 0.3) is 5.69 Å². The van der Waals surface area contributed by atoms with Gasteiger partial charge in [0.1, 0.15) is 11.5 Å². The number of anilines is 1. The summed E-state index contributed by atoms with van der Waals surface area (Å²) in [6, 6.07) is 13.8. The Kier molecular flexibility index (Phi) is 4.02. The molecular weight excluding hydrogens is 349 g/mol. The summed E-state index contributed by atoms with van der Waals surface area (Å²) >= 11 is 3.18. The van der Waals surface area contributed by atoms with Gasteiger partial charge in [-0.25, -0.2) is 9.37 Å². The summed E-state index contributed by atoms with van der Waals surface area (Å²) in [5.74, 6) is -0.934. The van der Waals surface area contributed by atoms with E-state index in [0.29, 0.717) is 10.2 Å². The number of nitrogens with zero attached hydrogens (tertiary/aromatic N) is 2. The smallest absolute Gasteiger partial charge is 0.274 e. The van der Waals surface area contributed by atoms with E-state index in [4.69, 9.17) is 0 Å². The van der Waals surface area contributed by atoms with Gasteiger partial charge < -0.3 is 5.32 Å². The van der Waals surface area contributed by atoms with Crippen molar-refractivity contribution in [3.8, 4) is 5.69 Å². The van der Waals surface area contributed by atoms with E-state index in [1.54, 1.807) is 17.0 Å². The van der Waals surface area contributed by atoms with Crippen LogP contribution >= 0.6 is 15.9 Å². The van der Waals surface area contributed by atoms with Crippen LogP contribution in [0.15, 0.2) is 65.5 Å². The number of imidazole rings is 1. The Morgan fingerprint density at radius 1 is 1.18 bits per heavy atom. The number of carbonyl (C=O) groups excluding carboxylic acids is 1. The average molecular weight is 360 g/mol. The lowest BCUT2D eigenvalue weighted by molar-refractivity contribution is 0.102. The number of nitrogens with one attached hydrogen (secondary N) is 1. The third-order valence-corrected chi connectivity index (χ3v) is 3.58. The number of aromatic nitrogens is 2. The number of carbonyl (C=O) groups is 1. The molecule has 4 nitrogen and oxygen atoms in total. The van der Waals surface area contributed by atoms with Crippen molar-refractivity contribution in [3.63, 3.8) is 0 Å². The fraction of sp³-hybridized carbons (Fsp3) is 0. The molecule has 1 heterocycles. The van der Waals surface area contributed by atoms with Crippen molar-refractivity contribution < 1.29 is 9.18 Å². The molecule has 0 atom stereocenters. The molecule has 0 fully saturated rings. The molecule has 2 aromatic carbocycles. The predicted octanol–water partition coefficient (Wildman–Crippen LogP) is 4.03. The van der Waals surface area contributed by atoms with Crippen LogP contribution in [0.5, 0.6) is 0 Å². The summed E-state index contributed by atoms with van der Waals surface area (Å²) in [5, 5.41) is 2.55. The molecule has 0 aliphatic heterocycles. The Bertz CT molecular complexity index is 817. The third-order valence-electron chi connectivity index (χ3n) is 3.08. The van der Waals surface area contributed by atoms with E-state index in [0.717, 1.165) is 5.69 Å². The molecule has 110 valence electrons. The second-order valence-corrected chi connectivity index (χ2v) is 5.48. The van der Waals surface area contributed by atoms with Crippen molar-refractivity contribution in [2.75, 3.05) is 5.32 Å². The number of rotatable bonds is 3. The van der Waals surface area contributed by atoms with Gasteiger partial charge in [0, 0.05) is 10.2 Å². The molecule has 3 aromatic rings. The van der Waals surface area contributed by atoms with Crippen molar-refractivity contribution in [2.24, 2.45) is 0 Å². The highest BCUT2D eigenvalue weighted by Gasteiger charge is 2.15. The summed E-state index contributed by atoms with van der Waals surface area (Å²) in [5.41, 5.74) is 1.25. The largest absolute Gasteiger partial charge is 0.318 e. The highest BCUT2D eigenvalue weighted by Crippen LogP contribution is 2.20. The zero-order valence-electron chi connectivity index (χ0n) is 11.3. The second kappa shape index (κ2) is 6.11. The van der Waals surface area contributed by atoms with Crippen LogP contribution in [0.3, 0.4) is 0 Å². The van der Waals surface area contributed by atoms with Gasteiger partial charge >= 0.3 is 0 Å². The van der Waals surface area contributed by atoms with Crippen molar-refractivity contribution in [1.29, 1.82) is 0 Å². The summed E-state index contributed by atoms with van der Waals surface area (Å²) in [4.78, 5) is 16.4. The van der Waals surface area contributed by atoms with Gasteiger partial charge in [0.25, 0.3) is 5.91 Å². The predicted molar refractivity (Wildman–Crippen MR) is 85.6 cm³/mol. The minimum absolute atomic E-state index is 0.119. The first-order valence-electron chi connectivity index (χ1n) is 6.49. The Balaban J connectivity index is 1.89. The minimum Gasteiger partial charge on any atom is -0.318 e. The lowest BCUT2D eigenvalue weighted by Crippen LogP contribution is -2.16. The van der Waals surface area contributed by atoms with Gasteiger partial charge in [0.05, 0.1) is 18.2 Å². The number of hydrogen-bond donors (Lipinski definition) is 1. The van der Waals surface area contributed by atoms with Gasteiger partial charge in [-0.1, -0.05) is 34.1 Å². The van der Waals surface area contributed by atoms with Gasteiger partial charge in [-0.05, 0) is 30.3 Å². The first-order valence-corrected chi connectivity index (χ1v) is 7.28. The SMILES string of the molecule is O=C(Nc1ccc(Br)cc1F)c1cncn1-c1ccccc1. The molecule has 0 saturated carbocycles. The maximum absolute atomic E-state index is 13.8. The average Bonchev–Trinajstić information content (AvgIpc) is 3.00. The first kappa shape index (κ1) is 14.5. The fourth-order valence-electron chi connectivity index (χ4n) is 2.03. The van der Waals surface area contributed by atoms with Gasteiger partial charge in [-0.15, -0.1) is 0 Å². The molecule has 1 amide bonds. The number of benzene rings is 2. The zero-order valence-corrected chi connectivity index (χ0v) is 12.9. The summed E-state index contributed by atoms with van der Waals surface area (Å²) in [6.45, 7) is 0. The van der Waals surface area contributed by atoms with E-state index in [1.165, 1.54) is 18.3 Å². The monoisotopic (exact) mass is 359 g/mol. The van der Waals surface area contributed by atoms with Crippen LogP contribution < -0.4 is 5.32 Å². The van der Waals surface area contributed by atoms with Gasteiger partial charge in [-0.2, -0.15) is 0 Å². The molecule has 0 radical (unpaired) electrons. The van der Waals surface area contributed by atoms with Crippen LogP contribution in [0, 0.1) is 5.82 Å². The van der Waals surface area contributed by atoms with E-state index >= 15 is 0 Å². The number of halogens is 2. The van der Waals surface area contributed by atoms with E-state index in [-0.39, 0.29) is 5.69 Å². The lowest BCUT2D eigenvalue weighted by Gasteiger charge is -2.09. The highest BCUT2D eigenvalue weighted by atomic mass is 79.9. The summed E-state index contributed by atoms with van der Waals surface area (Å²) < 4.78 is 16.1. The van der Waals surface area contributed by atoms with Crippen molar-refractivity contribution >= 4 is 27.5 Å². The van der Waals surface area contributed by atoms with Gasteiger partial charge in [-0.3, -0.25) is 9.36 Å². The Morgan fingerprint density at radius 3 is 2.68 bits per heavy atom. The number of amides is 1. The standard InChI is InChI=1S/C16H11BrFN3O/c17-11-6-7-14(13(18)8-11)20-16(22)15-9-19-10-21(15)12-4-2-1-3-5-12/h1-10H,(H,20,22). The van der Waals surface area contributed by atoms with E-state index in [1.807, 2.05) is 30.3 Å². The third kappa shape index (κ3) is 2.92. The first-order chi connectivity index (χ1) is 10.6. The Labute approximate surface area is 134 Å². The second-order valence-electron chi connectivity index (χ2n) is 4.56. The van der Waals surface area contributed by atoms with E-state index in [2.05, 4.69) is 26.2 Å². The maximum Gasteiger partial charge on any atom is 0.274 e. The zero-order chi connectivity index (χ0) is 15.5. The van der Waals surface area contributed by atoms with Crippen molar-refractivity contribution in [3.05, 3.63) is 77.0 Å². The molecule has 0 spiro atoms.